The van der Waals surface area contributed by atoms with E-state index in [0.29, 0.717) is 21.3 Å². The summed E-state index contributed by atoms with van der Waals surface area (Å²) in [4.78, 5) is 15.3. The fourth-order valence-electron chi connectivity index (χ4n) is 1.51. The molecule has 1 unspecified atom stereocenters. The maximum Gasteiger partial charge on any atom is 0.317 e. The third-order valence-electron chi connectivity index (χ3n) is 2.41. The number of benzene rings is 1. The summed E-state index contributed by atoms with van der Waals surface area (Å²) in [5, 5.41) is 9.47. The lowest BCUT2D eigenvalue weighted by molar-refractivity contribution is -0.137. The van der Waals surface area contributed by atoms with Gasteiger partial charge in [-0.15, -0.1) is 0 Å². The molecule has 1 aromatic carbocycles. The number of aromatic nitrogens is 1. The monoisotopic (exact) mass is 285 g/mol. The Hall–Kier alpha value is -1.20. The number of aliphatic carboxylic acids is 1. The second kappa shape index (κ2) is 5.20. The van der Waals surface area contributed by atoms with Crippen molar-refractivity contribution in [2.45, 2.75) is 24.3 Å². The summed E-state index contributed by atoms with van der Waals surface area (Å²) in [5.74, 6) is -0.874. The summed E-state index contributed by atoms with van der Waals surface area (Å²) in [7, 11) is 0. The first-order chi connectivity index (χ1) is 8.47. The van der Waals surface area contributed by atoms with Crippen molar-refractivity contribution in [1.29, 1.82) is 0 Å². The van der Waals surface area contributed by atoms with Crippen molar-refractivity contribution in [3.8, 4) is 0 Å². The number of rotatable bonds is 4. The minimum Gasteiger partial charge on any atom is -0.480 e. The van der Waals surface area contributed by atoms with Gasteiger partial charge in [0, 0.05) is 5.02 Å². The molecule has 6 heteroatoms. The van der Waals surface area contributed by atoms with E-state index in [4.69, 9.17) is 21.1 Å². The maximum atomic E-state index is 11.1. The predicted octanol–water partition coefficient (Wildman–Crippen LogP) is 3.68. The van der Waals surface area contributed by atoms with Crippen molar-refractivity contribution in [2.24, 2.45) is 5.92 Å². The van der Waals surface area contributed by atoms with Gasteiger partial charge in [-0.05, 0) is 24.1 Å². The summed E-state index contributed by atoms with van der Waals surface area (Å²) < 4.78 is 5.48. The maximum absolute atomic E-state index is 11.1. The zero-order valence-corrected chi connectivity index (χ0v) is 11.5. The zero-order valence-electron chi connectivity index (χ0n) is 9.88. The van der Waals surface area contributed by atoms with Crippen LogP contribution in [0.15, 0.2) is 27.8 Å². The molecule has 1 N–H and O–H groups in total. The molecule has 0 bridgehead atoms. The fraction of sp³-hybridized carbons (Fsp3) is 0.333. The first-order valence-electron chi connectivity index (χ1n) is 5.43. The molecule has 1 aromatic heterocycles. The summed E-state index contributed by atoms with van der Waals surface area (Å²) in [5.41, 5.74) is 1.24. The van der Waals surface area contributed by atoms with Gasteiger partial charge >= 0.3 is 5.97 Å². The highest BCUT2D eigenvalue weighted by Crippen LogP contribution is 2.31. The van der Waals surface area contributed by atoms with Crippen LogP contribution in [0.1, 0.15) is 13.8 Å². The van der Waals surface area contributed by atoms with Gasteiger partial charge in [0.15, 0.2) is 5.58 Å². The molecule has 2 rings (SSSR count). The Morgan fingerprint density at radius 1 is 1.50 bits per heavy atom. The van der Waals surface area contributed by atoms with Crippen LogP contribution in [0.2, 0.25) is 5.02 Å². The number of carboxylic acids is 1. The number of fused-ring (bicyclic) bond motifs is 1. The smallest absolute Gasteiger partial charge is 0.317 e. The number of hydrogen-bond donors (Lipinski definition) is 1. The molecule has 1 atom stereocenters. The number of carbonyl (C=O) groups is 1. The van der Waals surface area contributed by atoms with Crippen LogP contribution in [0, 0.1) is 5.92 Å². The molecule has 0 fully saturated rings. The highest BCUT2D eigenvalue weighted by molar-refractivity contribution is 8.00. The molecule has 0 aliphatic heterocycles. The van der Waals surface area contributed by atoms with Crippen LogP contribution in [0.25, 0.3) is 11.1 Å². The third kappa shape index (κ3) is 2.79. The van der Waals surface area contributed by atoms with Gasteiger partial charge in [-0.2, -0.15) is 0 Å². The highest BCUT2D eigenvalue weighted by atomic mass is 35.5. The molecule has 0 saturated carbocycles. The van der Waals surface area contributed by atoms with Crippen molar-refractivity contribution in [3.63, 3.8) is 0 Å². The fourth-order valence-corrected chi connectivity index (χ4v) is 2.56. The van der Waals surface area contributed by atoms with E-state index in [0.717, 1.165) is 11.8 Å². The molecule has 0 aliphatic carbocycles. The Kier molecular flexibility index (Phi) is 3.82. The zero-order chi connectivity index (χ0) is 13.3. The van der Waals surface area contributed by atoms with Crippen LogP contribution in [-0.4, -0.2) is 21.3 Å². The van der Waals surface area contributed by atoms with Gasteiger partial charge in [-0.1, -0.05) is 37.2 Å². The average Bonchev–Trinajstić information content (AvgIpc) is 2.66. The summed E-state index contributed by atoms with van der Waals surface area (Å²) in [6.45, 7) is 3.70. The van der Waals surface area contributed by atoms with E-state index in [2.05, 4.69) is 4.98 Å². The second-order valence-electron chi connectivity index (χ2n) is 4.21. The van der Waals surface area contributed by atoms with E-state index in [1.165, 1.54) is 0 Å². The Balaban J connectivity index is 2.28. The van der Waals surface area contributed by atoms with E-state index < -0.39 is 11.2 Å². The average molecular weight is 286 g/mol. The Morgan fingerprint density at radius 2 is 2.22 bits per heavy atom. The molecule has 2 aromatic rings. The number of thioether (sulfide) groups is 1. The molecule has 0 aliphatic rings. The molecular weight excluding hydrogens is 274 g/mol. The Labute approximate surface area is 113 Å². The van der Waals surface area contributed by atoms with Gasteiger partial charge in [-0.3, -0.25) is 4.79 Å². The van der Waals surface area contributed by atoms with E-state index in [9.17, 15) is 4.79 Å². The van der Waals surface area contributed by atoms with E-state index in [1.807, 2.05) is 13.8 Å². The first kappa shape index (κ1) is 13.2. The number of carboxylic acid groups (broad SMARTS) is 1. The van der Waals surface area contributed by atoms with Crippen molar-refractivity contribution in [1.82, 2.24) is 4.98 Å². The Morgan fingerprint density at radius 3 is 2.83 bits per heavy atom. The third-order valence-corrected chi connectivity index (χ3v) is 4.02. The van der Waals surface area contributed by atoms with E-state index in [1.54, 1.807) is 18.2 Å². The first-order valence-corrected chi connectivity index (χ1v) is 6.68. The molecule has 0 radical (unpaired) electrons. The van der Waals surface area contributed by atoms with Crippen molar-refractivity contribution in [3.05, 3.63) is 23.2 Å². The molecular formula is C12H12ClNO3S. The standard InChI is InChI=1S/C12H12ClNO3S/c1-6(2)10(11(15)16)18-12-14-8-5-7(13)3-4-9(8)17-12/h3-6,10H,1-2H3,(H,15,16). The van der Waals surface area contributed by atoms with E-state index >= 15 is 0 Å². The van der Waals surface area contributed by atoms with Gasteiger partial charge in [-0.25, -0.2) is 4.98 Å². The SMILES string of the molecule is CC(C)C(Sc1nc2cc(Cl)ccc2o1)C(=O)O. The summed E-state index contributed by atoms with van der Waals surface area (Å²) in [6.07, 6.45) is 0. The largest absolute Gasteiger partial charge is 0.480 e. The van der Waals surface area contributed by atoms with Crippen LogP contribution in [0.4, 0.5) is 0 Å². The van der Waals surface area contributed by atoms with Crippen molar-refractivity contribution >= 4 is 40.4 Å². The predicted molar refractivity (Wildman–Crippen MR) is 71.1 cm³/mol. The molecule has 1 heterocycles. The van der Waals surface area contributed by atoms with Crippen LogP contribution in [0.5, 0.6) is 0 Å². The number of hydrogen-bond acceptors (Lipinski definition) is 4. The molecule has 0 amide bonds. The van der Waals surface area contributed by atoms with Gasteiger partial charge in [0.25, 0.3) is 5.22 Å². The summed E-state index contributed by atoms with van der Waals surface area (Å²) in [6, 6.07) is 5.12. The van der Waals surface area contributed by atoms with Gasteiger partial charge in [0.05, 0.1) is 0 Å². The van der Waals surface area contributed by atoms with Crippen LogP contribution < -0.4 is 0 Å². The Bertz CT molecular complexity index is 582. The highest BCUT2D eigenvalue weighted by Gasteiger charge is 2.25. The van der Waals surface area contributed by atoms with Gasteiger partial charge in [0.2, 0.25) is 0 Å². The normalized spacial score (nSPS) is 13.1. The quantitative estimate of drug-likeness (QED) is 0.868. The van der Waals surface area contributed by atoms with Gasteiger partial charge in [0.1, 0.15) is 10.8 Å². The van der Waals surface area contributed by atoms with E-state index in [-0.39, 0.29) is 5.92 Å². The second-order valence-corrected chi connectivity index (χ2v) is 5.74. The number of nitrogens with zero attached hydrogens (tertiary/aromatic N) is 1. The molecule has 18 heavy (non-hydrogen) atoms. The van der Waals surface area contributed by atoms with Crippen LogP contribution >= 0.6 is 23.4 Å². The molecule has 0 spiro atoms. The molecule has 0 saturated heterocycles. The molecule has 4 nitrogen and oxygen atoms in total. The van der Waals surface area contributed by atoms with Crippen LogP contribution in [0.3, 0.4) is 0 Å². The minimum absolute atomic E-state index is 0.00824. The number of halogens is 1. The minimum atomic E-state index is -0.865. The lowest BCUT2D eigenvalue weighted by Crippen LogP contribution is -2.22. The lowest BCUT2D eigenvalue weighted by Gasteiger charge is -2.12. The summed E-state index contributed by atoms with van der Waals surface area (Å²) >= 11 is 6.97. The van der Waals surface area contributed by atoms with Gasteiger partial charge < -0.3 is 9.52 Å². The lowest BCUT2D eigenvalue weighted by atomic mass is 10.1. The van der Waals surface area contributed by atoms with Crippen molar-refractivity contribution in [2.75, 3.05) is 0 Å². The topological polar surface area (TPSA) is 63.3 Å². The van der Waals surface area contributed by atoms with Crippen molar-refractivity contribution < 1.29 is 14.3 Å². The number of oxazole rings is 1. The molecule has 96 valence electrons. The van der Waals surface area contributed by atoms with Crippen LogP contribution in [-0.2, 0) is 4.79 Å².